The summed E-state index contributed by atoms with van der Waals surface area (Å²) in [6.07, 6.45) is 0. The highest BCUT2D eigenvalue weighted by Crippen LogP contribution is 2.25. The van der Waals surface area contributed by atoms with E-state index in [2.05, 4.69) is 5.32 Å². The lowest BCUT2D eigenvalue weighted by atomic mass is 10.0. The quantitative estimate of drug-likeness (QED) is 0.289. The van der Waals surface area contributed by atoms with Crippen molar-refractivity contribution in [2.75, 3.05) is 13.7 Å². The predicted molar refractivity (Wildman–Crippen MR) is 122 cm³/mol. The topological polar surface area (TPSA) is 90.9 Å². The number of hydrogen-bond acceptors (Lipinski definition) is 6. The fourth-order valence-corrected chi connectivity index (χ4v) is 3.11. The van der Waals surface area contributed by atoms with Crippen LogP contribution in [-0.4, -0.2) is 37.4 Å². The van der Waals surface area contributed by atoms with Gasteiger partial charge < -0.3 is 19.5 Å². The molecule has 170 valence electrons. The highest BCUT2D eigenvalue weighted by Gasteiger charge is 2.31. The van der Waals surface area contributed by atoms with Gasteiger partial charge in [0.15, 0.2) is 11.8 Å². The number of hydrogen-bond donors (Lipinski definition) is 1. The Morgan fingerprint density at radius 2 is 1.58 bits per heavy atom. The van der Waals surface area contributed by atoms with Crippen molar-refractivity contribution in [2.24, 2.45) is 0 Å². The molecule has 0 saturated carbocycles. The van der Waals surface area contributed by atoms with Crippen molar-refractivity contribution in [2.45, 2.75) is 19.6 Å². The van der Waals surface area contributed by atoms with E-state index in [1.54, 1.807) is 49.4 Å². The minimum Gasteiger partial charge on any atom is -0.497 e. The van der Waals surface area contributed by atoms with Gasteiger partial charge in [-0.15, -0.1) is 0 Å². The average Bonchev–Trinajstić information content (AvgIpc) is 2.86. The molecular formula is C26H25NO6. The molecule has 0 heterocycles. The van der Waals surface area contributed by atoms with Gasteiger partial charge in [0.2, 0.25) is 0 Å². The summed E-state index contributed by atoms with van der Waals surface area (Å²) < 4.78 is 16.1. The standard InChI is InChI=1S/C26H25NO6/c1-3-32-26(30)23(24(28)19-12-8-5-9-13-19)27-25(29)21-16-20(31-2)14-15-22(21)33-17-18-10-6-4-7-11-18/h4-16,23H,3,17H2,1-2H3,(H,27,29). The Kier molecular flexibility index (Phi) is 8.18. The zero-order chi connectivity index (χ0) is 23.6. The van der Waals surface area contributed by atoms with E-state index in [0.717, 1.165) is 5.56 Å². The summed E-state index contributed by atoms with van der Waals surface area (Å²) in [6.45, 7) is 1.93. The molecule has 1 N–H and O–H groups in total. The van der Waals surface area contributed by atoms with E-state index >= 15 is 0 Å². The Hall–Kier alpha value is -4.13. The molecule has 3 aromatic carbocycles. The first-order valence-corrected chi connectivity index (χ1v) is 10.4. The van der Waals surface area contributed by atoms with Gasteiger partial charge in [0.1, 0.15) is 18.1 Å². The number of ether oxygens (including phenoxy) is 3. The third-order valence-corrected chi connectivity index (χ3v) is 4.79. The molecular weight excluding hydrogens is 422 g/mol. The fourth-order valence-electron chi connectivity index (χ4n) is 3.11. The molecule has 0 bridgehead atoms. The van der Waals surface area contributed by atoms with Crippen molar-refractivity contribution in [3.05, 3.63) is 95.6 Å². The van der Waals surface area contributed by atoms with Gasteiger partial charge in [0, 0.05) is 5.56 Å². The molecule has 3 rings (SSSR count). The first-order valence-electron chi connectivity index (χ1n) is 10.4. The van der Waals surface area contributed by atoms with Crippen LogP contribution in [0.1, 0.15) is 33.2 Å². The van der Waals surface area contributed by atoms with Crippen LogP contribution in [0, 0.1) is 0 Å². The molecule has 0 fully saturated rings. The lowest BCUT2D eigenvalue weighted by Gasteiger charge is -2.18. The third kappa shape index (κ3) is 6.20. The summed E-state index contributed by atoms with van der Waals surface area (Å²) in [5, 5.41) is 2.51. The fraction of sp³-hybridized carbons (Fsp3) is 0.192. The average molecular weight is 447 g/mol. The Bertz CT molecular complexity index is 1100. The minimum absolute atomic E-state index is 0.0673. The molecule has 33 heavy (non-hydrogen) atoms. The maximum Gasteiger partial charge on any atom is 0.336 e. The number of benzene rings is 3. The number of ketones is 1. The van der Waals surface area contributed by atoms with Gasteiger partial charge in [-0.1, -0.05) is 60.7 Å². The summed E-state index contributed by atoms with van der Waals surface area (Å²) in [5.74, 6) is -1.37. The highest BCUT2D eigenvalue weighted by molar-refractivity contribution is 6.15. The third-order valence-electron chi connectivity index (χ3n) is 4.79. The number of esters is 1. The Morgan fingerprint density at radius 1 is 0.909 bits per heavy atom. The highest BCUT2D eigenvalue weighted by atomic mass is 16.5. The van der Waals surface area contributed by atoms with Crippen LogP contribution in [0.4, 0.5) is 0 Å². The molecule has 0 radical (unpaired) electrons. The van der Waals surface area contributed by atoms with Gasteiger partial charge in [-0.05, 0) is 30.7 Å². The van der Waals surface area contributed by atoms with E-state index < -0.39 is 23.7 Å². The van der Waals surface area contributed by atoms with E-state index in [9.17, 15) is 14.4 Å². The van der Waals surface area contributed by atoms with Crippen LogP contribution < -0.4 is 14.8 Å². The molecule has 7 heteroatoms. The van der Waals surface area contributed by atoms with Crippen LogP contribution in [0.3, 0.4) is 0 Å². The second-order valence-electron chi connectivity index (χ2n) is 7.03. The van der Waals surface area contributed by atoms with Gasteiger partial charge in [0.25, 0.3) is 5.91 Å². The molecule has 0 aliphatic rings. The molecule has 7 nitrogen and oxygen atoms in total. The Morgan fingerprint density at radius 3 is 2.21 bits per heavy atom. The van der Waals surface area contributed by atoms with E-state index in [4.69, 9.17) is 14.2 Å². The number of nitrogens with one attached hydrogen (secondary N) is 1. The van der Waals surface area contributed by atoms with Crippen molar-refractivity contribution in [3.63, 3.8) is 0 Å². The molecule has 1 amide bonds. The summed E-state index contributed by atoms with van der Waals surface area (Å²) >= 11 is 0. The van der Waals surface area contributed by atoms with Gasteiger partial charge in [-0.2, -0.15) is 0 Å². The monoisotopic (exact) mass is 447 g/mol. The zero-order valence-electron chi connectivity index (χ0n) is 18.4. The minimum atomic E-state index is -1.51. The number of carbonyl (C=O) groups excluding carboxylic acids is 3. The van der Waals surface area contributed by atoms with Crippen LogP contribution in [0.15, 0.2) is 78.9 Å². The molecule has 0 saturated heterocycles. The van der Waals surface area contributed by atoms with Crippen LogP contribution >= 0.6 is 0 Å². The Balaban J connectivity index is 1.87. The zero-order valence-corrected chi connectivity index (χ0v) is 18.4. The SMILES string of the molecule is CCOC(=O)C(NC(=O)c1cc(OC)ccc1OCc1ccccc1)C(=O)c1ccccc1. The number of methoxy groups -OCH3 is 1. The predicted octanol–water partition coefficient (Wildman–Crippen LogP) is 3.82. The second-order valence-corrected chi connectivity index (χ2v) is 7.03. The first-order chi connectivity index (χ1) is 16.0. The van der Waals surface area contributed by atoms with E-state index in [1.807, 2.05) is 30.3 Å². The van der Waals surface area contributed by atoms with Crippen molar-refractivity contribution < 1.29 is 28.6 Å². The number of carbonyl (C=O) groups is 3. The summed E-state index contributed by atoms with van der Waals surface area (Å²) in [4.78, 5) is 38.7. The Labute approximate surface area is 192 Å². The maximum atomic E-state index is 13.2. The van der Waals surface area contributed by atoms with E-state index in [0.29, 0.717) is 5.75 Å². The summed E-state index contributed by atoms with van der Waals surface area (Å²) in [6, 6.07) is 21.0. The molecule has 0 aliphatic heterocycles. The number of Topliss-reactive ketones (excluding diaryl/α,β-unsaturated/α-hetero) is 1. The molecule has 3 aromatic rings. The summed E-state index contributed by atoms with van der Waals surface area (Å²) in [5.41, 5.74) is 1.32. The van der Waals surface area contributed by atoms with Gasteiger partial charge in [-0.3, -0.25) is 9.59 Å². The maximum absolute atomic E-state index is 13.2. The lowest BCUT2D eigenvalue weighted by Crippen LogP contribution is -2.47. The molecule has 1 atom stereocenters. The lowest BCUT2D eigenvalue weighted by molar-refractivity contribution is -0.144. The second kappa shape index (κ2) is 11.5. The van der Waals surface area contributed by atoms with Crippen LogP contribution in [0.2, 0.25) is 0 Å². The van der Waals surface area contributed by atoms with Crippen molar-refractivity contribution in [3.8, 4) is 11.5 Å². The summed E-state index contributed by atoms with van der Waals surface area (Å²) in [7, 11) is 1.47. The molecule has 0 spiro atoms. The van der Waals surface area contributed by atoms with Crippen molar-refractivity contribution in [1.29, 1.82) is 0 Å². The number of rotatable bonds is 10. The normalized spacial score (nSPS) is 11.2. The van der Waals surface area contributed by atoms with Gasteiger partial charge >= 0.3 is 5.97 Å². The largest absolute Gasteiger partial charge is 0.497 e. The van der Waals surface area contributed by atoms with Crippen molar-refractivity contribution in [1.82, 2.24) is 5.32 Å². The molecule has 0 aromatic heterocycles. The van der Waals surface area contributed by atoms with E-state index in [-0.39, 0.29) is 30.1 Å². The first kappa shape index (κ1) is 23.5. The number of amides is 1. The van der Waals surface area contributed by atoms with Crippen LogP contribution in [-0.2, 0) is 16.1 Å². The van der Waals surface area contributed by atoms with Gasteiger partial charge in [-0.25, -0.2) is 4.79 Å². The smallest absolute Gasteiger partial charge is 0.336 e. The van der Waals surface area contributed by atoms with Crippen LogP contribution in [0.5, 0.6) is 11.5 Å². The molecule has 1 unspecified atom stereocenters. The van der Waals surface area contributed by atoms with Crippen LogP contribution in [0.25, 0.3) is 0 Å². The molecule has 0 aliphatic carbocycles. The van der Waals surface area contributed by atoms with Gasteiger partial charge in [0.05, 0.1) is 19.3 Å². The van der Waals surface area contributed by atoms with Crippen molar-refractivity contribution >= 4 is 17.7 Å². The van der Waals surface area contributed by atoms with E-state index in [1.165, 1.54) is 13.2 Å².